The number of phenols is 1. The molecule has 1 saturated carbocycles. The molecule has 63 heavy (non-hydrogen) atoms. The molecule has 14 nitrogen and oxygen atoms in total. The maximum absolute atomic E-state index is 16.3. The van der Waals surface area contributed by atoms with Crippen molar-refractivity contribution in [3.05, 3.63) is 47.6 Å². The van der Waals surface area contributed by atoms with Gasteiger partial charge in [-0.25, -0.2) is 9.18 Å². The zero-order valence-corrected chi connectivity index (χ0v) is 38.1. The average Bonchev–Trinajstić information content (AvgIpc) is 3.27. The Morgan fingerprint density at radius 3 is 2.25 bits per heavy atom. The Balaban J connectivity index is 1.52. The molecule has 0 aromatic heterocycles. The number of piperidine rings is 1. The molecule has 2 bridgehead atoms. The smallest absolute Gasteiger partial charge is 0.329 e. The number of hydrogen-bond acceptors (Lipinski definition) is 13. The minimum absolute atomic E-state index is 0.0266. The number of rotatable bonds is 7. The number of nitrogens with zero attached hydrogens (tertiary/aromatic N) is 1. The molecule has 4 aliphatic rings. The monoisotopic (exact) mass is 887 g/mol. The van der Waals surface area contributed by atoms with E-state index in [0.717, 1.165) is 4.90 Å². The van der Waals surface area contributed by atoms with Crippen molar-refractivity contribution >= 4 is 23.4 Å². The van der Waals surface area contributed by atoms with E-state index in [4.69, 9.17) is 23.7 Å². The molecule has 2 saturated heterocycles. The van der Waals surface area contributed by atoms with Gasteiger partial charge < -0.3 is 49.0 Å². The van der Waals surface area contributed by atoms with Gasteiger partial charge in [-0.1, -0.05) is 39.8 Å². The number of hydrogen-bond donors (Lipinski definition) is 4. The van der Waals surface area contributed by atoms with Crippen molar-refractivity contribution < 1.29 is 67.7 Å². The molecule has 1 aromatic carbocycles. The highest BCUT2D eigenvalue weighted by Crippen LogP contribution is 2.40. The summed E-state index contributed by atoms with van der Waals surface area (Å²) in [4.78, 5) is 58.0. The summed E-state index contributed by atoms with van der Waals surface area (Å²) in [5.41, 5.74) is 0.884. The van der Waals surface area contributed by atoms with Crippen molar-refractivity contribution in [2.45, 2.75) is 166 Å². The number of ether oxygens (including phenoxy) is 5. The predicted octanol–water partition coefficient (Wildman–Crippen LogP) is 5.56. The SMILES string of the molecule is CCC1/C=C(\C)C(F)C(C)CC(OC)C2OC(O)(C(=O)C(=O)N3CCCCC3C(=O)OC(C(C)=CC3CCC(O)C(Oc4ccc(O)cc4)C3)C(C)C(O)CC1=O)C(C)CC2OC. The van der Waals surface area contributed by atoms with Crippen molar-refractivity contribution in [1.29, 1.82) is 0 Å². The number of phenolic OH excluding ortho intramolecular Hbond substituents is 1. The molecular weight excluding hydrogens is 818 g/mol. The van der Waals surface area contributed by atoms with E-state index in [2.05, 4.69) is 0 Å². The molecule has 3 fully saturated rings. The van der Waals surface area contributed by atoms with Gasteiger partial charge in [0.15, 0.2) is 0 Å². The number of aliphatic hydroxyl groups is 3. The summed E-state index contributed by atoms with van der Waals surface area (Å²) in [7, 11) is 2.86. The molecule has 352 valence electrons. The van der Waals surface area contributed by atoms with Crippen LogP contribution in [-0.4, -0.2) is 130 Å². The fourth-order valence-corrected chi connectivity index (χ4v) is 9.87. The number of Topliss-reactive ketones (excluding diaryl/α,β-unsaturated/α-hetero) is 2. The summed E-state index contributed by atoms with van der Waals surface area (Å²) < 4.78 is 46.4. The Morgan fingerprint density at radius 1 is 0.937 bits per heavy atom. The lowest BCUT2D eigenvalue weighted by atomic mass is 9.81. The zero-order chi connectivity index (χ0) is 46.3. The Bertz CT molecular complexity index is 1800. The van der Waals surface area contributed by atoms with Crippen LogP contribution in [0, 0.1) is 29.6 Å². The summed E-state index contributed by atoms with van der Waals surface area (Å²) in [6.45, 7) is 10.1. The molecule has 4 N–H and O–H groups in total. The number of aromatic hydroxyl groups is 1. The quantitative estimate of drug-likeness (QED) is 0.151. The van der Waals surface area contributed by atoms with E-state index < -0.39 is 102 Å². The number of carbonyl (C=O) groups excluding carboxylic acids is 4. The first-order valence-corrected chi connectivity index (χ1v) is 22.7. The predicted molar refractivity (Wildman–Crippen MR) is 230 cm³/mol. The fraction of sp³-hybridized carbons (Fsp3) is 0.708. The van der Waals surface area contributed by atoms with E-state index in [1.165, 1.54) is 26.4 Å². The molecule has 15 unspecified atom stereocenters. The Hall–Kier alpha value is -3.73. The third-order valence-corrected chi connectivity index (χ3v) is 13.9. The van der Waals surface area contributed by atoms with Crippen molar-refractivity contribution in [3.8, 4) is 11.5 Å². The van der Waals surface area contributed by atoms with E-state index in [-0.39, 0.29) is 49.7 Å². The lowest BCUT2D eigenvalue weighted by Gasteiger charge is -2.47. The van der Waals surface area contributed by atoms with Gasteiger partial charge in [-0.2, -0.15) is 0 Å². The van der Waals surface area contributed by atoms with Gasteiger partial charge in [0.1, 0.15) is 47.8 Å². The van der Waals surface area contributed by atoms with Crippen LogP contribution in [0.2, 0.25) is 0 Å². The number of benzene rings is 1. The van der Waals surface area contributed by atoms with E-state index in [1.807, 2.05) is 13.0 Å². The van der Waals surface area contributed by atoms with Crippen molar-refractivity contribution in [1.82, 2.24) is 4.90 Å². The molecule has 1 aliphatic carbocycles. The van der Waals surface area contributed by atoms with Crippen LogP contribution in [0.3, 0.4) is 0 Å². The van der Waals surface area contributed by atoms with E-state index in [1.54, 1.807) is 52.8 Å². The molecule has 0 spiro atoms. The number of methoxy groups -OCH3 is 2. The van der Waals surface area contributed by atoms with Gasteiger partial charge in [-0.15, -0.1) is 0 Å². The van der Waals surface area contributed by atoms with Crippen LogP contribution < -0.4 is 4.74 Å². The Labute approximate surface area is 371 Å². The molecule has 1 aromatic rings. The fourth-order valence-electron chi connectivity index (χ4n) is 9.87. The van der Waals surface area contributed by atoms with Crippen LogP contribution in [0.25, 0.3) is 0 Å². The Morgan fingerprint density at radius 2 is 1.60 bits per heavy atom. The largest absolute Gasteiger partial charge is 0.508 e. The van der Waals surface area contributed by atoms with Crippen LogP contribution in [0.15, 0.2) is 47.6 Å². The van der Waals surface area contributed by atoms with E-state index >= 15 is 4.39 Å². The normalized spacial score (nSPS) is 39.3. The van der Waals surface area contributed by atoms with E-state index in [9.17, 15) is 39.6 Å². The van der Waals surface area contributed by atoms with Gasteiger partial charge in [0.25, 0.3) is 11.7 Å². The Kier molecular flexibility index (Phi) is 17.5. The molecule has 3 aliphatic heterocycles. The second-order valence-electron chi connectivity index (χ2n) is 18.5. The summed E-state index contributed by atoms with van der Waals surface area (Å²) in [6.07, 6.45) is -1.58. The van der Waals surface area contributed by atoms with Crippen LogP contribution in [-0.2, 0) is 38.1 Å². The zero-order valence-electron chi connectivity index (χ0n) is 38.1. The number of cyclic esters (lactones) is 1. The molecule has 15 atom stereocenters. The molecule has 15 heteroatoms. The number of amides is 1. The van der Waals surface area contributed by atoms with Crippen LogP contribution in [0.4, 0.5) is 4.39 Å². The highest BCUT2D eigenvalue weighted by atomic mass is 19.1. The molecular formula is C48H70FNO13. The number of alkyl halides is 1. The number of ketones is 2. The first-order chi connectivity index (χ1) is 29.8. The van der Waals surface area contributed by atoms with Gasteiger partial charge >= 0.3 is 5.97 Å². The van der Waals surface area contributed by atoms with Gasteiger partial charge in [-0.3, -0.25) is 14.4 Å². The van der Waals surface area contributed by atoms with Crippen LogP contribution >= 0.6 is 0 Å². The number of esters is 1. The highest BCUT2D eigenvalue weighted by molar-refractivity contribution is 6.39. The lowest BCUT2D eigenvalue weighted by Crippen LogP contribution is -2.64. The molecule has 3 heterocycles. The van der Waals surface area contributed by atoms with Crippen LogP contribution in [0.5, 0.6) is 11.5 Å². The summed E-state index contributed by atoms with van der Waals surface area (Å²) in [5.74, 6) is -8.89. The van der Waals surface area contributed by atoms with Crippen LogP contribution in [0.1, 0.15) is 106 Å². The third-order valence-electron chi connectivity index (χ3n) is 13.9. The maximum atomic E-state index is 16.3. The van der Waals surface area contributed by atoms with Gasteiger partial charge in [-0.05, 0) is 119 Å². The second kappa shape index (κ2) is 22.0. The average molecular weight is 888 g/mol. The van der Waals surface area contributed by atoms with Crippen molar-refractivity contribution in [2.75, 3.05) is 20.8 Å². The highest BCUT2D eigenvalue weighted by Gasteiger charge is 2.57. The summed E-state index contributed by atoms with van der Waals surface area (Å²) in [6, 6.07) is 4.99. The molecule has 5 rings (SSSR count). The van der Waals surface area contributed by atoms with Gasteiger partial charge in [0, 0.05) is 44.9 Å². The number of allylic oxidation sites excluding steroid dienone is 3. The number of aliphatic hydroxyl groups excluding tert-OH is 2. The standard InChI is InChI=1S/C48H70FNO13/c1-9-32-21-26(2)42(49)27(3)22-40(59-7)44-41(60-8)23-29(5)48(58,63-44)45(55)46(56)50-19-11-10-12-35(50)47(57)62-43(30(6)37(53)25-38(32)54)28(4)20-31-13-18-36(52)39(24-31)61-34-16-14-33(51)15-17-34/h14-17,20-21,27,29-32,35-37,39-44,51-53,58H,9-13,18-19,22-25H2,1-8H3/b26-21+,28-20?. The maximum Gasteiger partial charge on any atom is 0.329 e. The van der Waals surface area contributed by atoms with Crippen molar-refractivity contribution in [2.24, 2.45) is 29.6 Å². The molecule has 1 amide bonds. The minimum Gasteiger partial charge on any atom is -0.508 e. The third kappa shape index (κ3) is 11.8. The van der Waals surface area contributed by atoms with Crippen molar-refractivity contribution in [3.63, 3.8) is 0 Å². The lowest BCUT2D eigenvalue weighted by molar-refractivity contribution is -0.302. The second-order valence-corrected chi connectivity index (χ2v) is 18.5. The number of carbonyl (C=O) groups is 4. The van der Waals surface area contributed by atoms with Gasteiger partial charge in [0.05, 0.1) is 24.4 Å². The van der Waals surface area contributed by atoms with E-state index in [0.29, 0.717) is 55.4 Å². The first-order valence-electron chi connectivity index (χ1n) is 22.7. The first kappa shape index (κ1) is 50.3. The number of fused-ring (bicyclic) bond motifs is 3. The summed E-state index contributed by atoms with van der Waals surface area (Å²) in [5, 5.41) is 44.4. The summed E-state index contributed by atoms with van der Waals surface area (Å²) >= 11 is 0. The molecule has 0 radical (unpaired) electrons. The topological polar surface area (TPSA) is 199 Å². The number of halogens is 1. The van der Waals surface area contributed by atoms with Gasteiger partial charge in [0.2, 0.25) is 5.79 Å². The minimum atomic E-state index is -2.63.